The molecule has 1 atom stereocenters. The molecule has 0 saturated heterocycles. The van der Waals surface area contributed by atoms with Crippen LogP contribution < -0.4 is 9.47 Å². The maximum atomic E-state index is 12.4. The van der Waals surface area contributed by atoms with Crippen LogP contribution in [-0.2, 0) is 17.6 Å². The molecule has 4 aromatic rings. The predicted octanol–water partition coefficient (Wildman–Crippen LogP) is 9.81. The first-order valence-electron chi connectivity index (χ1n) is 16.2. The summed E-state index contributed by atoms with van der Waals surface area (Å²) in [5.41, 5.74) is 6.88. The van der Waals surface area contributed by atoms with Crippen LogP contribution in [-0.4, -0.2) is 60.1 Å². The highest BCUT2D eigenvalue weighted by Gasteiger charge is 2.30. The lowest BCUT2D eigenvalue weighted by molar-refractivity contribution is 0.0956. The Morgan fingerprint density at radius 3 is 2.25 bits per heavy atom. The number of ether oxygens (including phenoxy) is 3. The van der Waals surface area contributed by atoms with E-state index in [1.807, 2.05) is 76.4 Å². The van der Waals surface area contributed by atoms with Crippen molar-refractivity contribution in [1.29, 1.82) is 0 Å². The maximum Gasteiger partial charge on any atom is 0.407 e. The van der Waals surface area contributed by atoms with E-state index in [0.717, 1.165) is 46.4 Å². The lowest BCUT2D eigenvalue weighted by atomic mass is 9.86. The second-order valence-electron chi connectivity index (χ2n) is 13.0. The van der Waals surface area contributed by atoms with Gasteiger partial charge in [0.1, 0.15) is 19.0 Å². The van der Waals surface area contributed by atoms with E-state index < -0.39 is 11.6 Å². The van der Waals surface area contributed by atoms with Crippen LogP contribution in [0.2, 0.25) is 10.0 Å². The highest BCUT2D eigenvalue weighted by Crippen LogP contribution is 2.35. The summed E-state index contributed by atoms with van der Waals surface area (Å²) in [4.78, 5) is 18.7. The topological polar surface area (TPSA) is 81.1 Å². The van der Waals surface area contributed by atoms with Crippen LogP contribution in [0.4, 0.5) is 4.79 Å². The van der Waals surface area contributed by atoms with Gasteiger partial charge in [-0.1, -0.05) is 53.5 Å². The zero-order valence-electron chi connectivity index (χ0n) is 28.7. The SMILES string of the molecule is COCCCc1cccnc1-c1ccc(C(Cc2ccc(OCCOc3c(Cl)cc(C)cc3Cl)cc2)CN(C(=O)O)C(C)(C)C)c(C)c1. The number of pyridine rings is 1. The van der Waals surface area contributed by atoms with Gasteiger partial charge in [0.25, 0.3) is 0 Å². The fraction of sp³-hybridized carbons (Fsp3) is 0.385. The van der Waals surface area contributed by atoms with Crippen molar-refractivity contribution in [3.8, 4) is 22.8 Å². The third kappa shape index (κ3) is 10.1. The van der Waals surface area contributed by atoms with E-state index in [9.17, 15) is 9.90 Å². The second kappa shape index (κ2) is 17.0. The molecule has 7 nitrogen and oxygen atoms in total. The van der Waals surface area contributed by atoms with Gasteiger partial charge in [0.2, 0.25) is 0 Å². The molecule has 0 fully saturated rings. The molecule has 0 aliphatic heterocycles. The van der Waals surface area contributed by atoms with Crippen molar-refractivity contribution in [2.75, 3.05) is 33.5 Å². The number of amides is 1. The number of aromatic nitrogens is 1. The maximum absolute atomic E-state index is 12.4. The number of carboxylic acid groups (broad SMARTS) is 1. The number of hydrogen-bond donors (Lipinski definition) is 1. The average molecular weight is 694 g/mol. The van der Waals surface area contributed by atoms with E-state index in [-0.39, 0.29) is 12.5 Å². The largest absolute Gasteiger partial charge is 0.490 e. The van der Waals surface area contributed by atoms with E-state index in [4.69, 9.17) is 42.4 Å². The van der Waals surface area contributed by atoms with Crippen molar-refractivity contribution in [3.05, 3.63) is 111 Å². The summed E-state index contributed by atoms with van der Waals surface area (Å²) in [5.74, 6) is 1.08. The Morgan fingerprint density at radius 2 is 1.62 bits per heavy atom. The predicted molar refractivity (Wildman–Crippen MR) is 194 cm³/mol. The molecule has 3 aromatic carbocycles. The van der Waals surface area contributed by atoms with Gasteiger partial charge in [-0.15, -0.1) is 0 Å². The molecule has 0 aliphatic carbocycles. The Kier molecular flexibility index (Phi) is 13.2. The normalized spacial score (nSPS) is 12.1. The summed E-state index contributed by atoms with van der Waals surface area (Å²) in [6.45, 7) is 11.4. The van der Waals surface area contributed by atoms with E-state index in [1.54, 1.807) is 7.11 Å². The summed E-state index contributed by atoms with van der Waals surface area (Å²) < 4.78 is 17.0. The zero-order valence-corrected chi connectivity index (χ0v) is 30.2. The zero-order chi connectivity index (χ0) is 34.8. The van der Waals surface area contributed by atoms with Crippen LogP contribution in [0.3, 0.4) is 0 Å². The molecule has 1 N–H and O–H groups in total. The van der Waals surface area contributed by atoms with Gasteiger partial charge in [-0.2, -0.15) is 0 Å². The Bertz CT molecular complexity index is 1650. The van der Waals surface area contributed by atoms with Gasteiger partial charge in [0, 0.05) is 43.5 Å². The number of methoxy groups -OCH3 is 1. The van der Waals surface area contributed by atoms with Crippen LogP contribution in [0.5, 0.6) is 11.5 Å². The number of rotatable bonds is 15. The highest BCUT2D eigenvalue weighted by atomic mass is 35.5. The second-order valence-corrected chi connectivity index (χ2v) is 13.9. The first-order valence-corrected chi connectivity index (χ1v) is 17.0. The molecule has 1 aromatic heterocycles. The third-order valence-corrected chi connectivity index (χ3v) is 8.82. The van der Waals surface area contributed by atoms with Gasteiger partial charge in [-0.05, 0) is 118 Å². The Hall–Kier alpha value is -3.78. The van der Waals surface area contributed by atoms with Gasteiger partial charge in [0.05, 0.1) is 15.7 Å². The highest BCUT2D eigenvalue weighted by molar-refractivity contribution is 6.37. The standard InChI is InChI=1S/C39H46Cl2N2O5/c1-26-21-34(40)37(35(41)22-26)48-20-19-47-32-14-11-28(12-15-32)24-31(25-43(38(44)45)39(3,4)5)33-16-13-30(23-27(33)2)36-29(9-7-17-42-36)10-8-18-46-6/h7,9,11-17,21-23,31H,8,10,18-20,24-25H2,1-6H3,(H,44,45). The van der Waals surface area contributed by atoms with Crippen molar-refractivity contribution in [2.24, 2.45) is 0 Å². The molecule has 1 unspecified atom stereocenters. The Balaban J connectivity index is 1.51. The lowest BCUT2D eigenvalue weighted by Gasteiger charge is -2.36. The average Bonchev–Trinajstić information content (AvgIpc) is 3.02. The van der Waals surface area contributed by atoms with Crippen molar-refractivity contribution in [2.45, 2.75) is 65.3 Å². The van der Waals surface area contributed by atoms with Crippen molar-refractivity contribution in [1.82, 2.24) is 9.88 Å². The Morgan fingerprint density at radius 1 is 0.938 bits per heavy atom. The minimum absolute atomic E-state index is 0.0801. The molecular weight excluding hydrogens is 647 g/mol. The van der Waals surface area contributed by atoms with Crippen molar-refractivity contribution in [3.63, 3.8) is 0 Å². The van der Waals surface area contributed by atoms with Gasteiger partial charge < -0.3 is 24.2 Å². The number of nitrogens with zero attached hydrogens (tertiary/aromatic N) is 2. The minimum Gasteiger partial charge on any atom is -0.490 e. The van der Waals surface area contributed by atoms with Crippen molar-refractivity contribution < 1.29 is 24.1 Å². The van der Waals surface area contributed by atoms with E-state index in [2.05, 4.69) is 31.2 Å². The molecular formula is C39H46Cl2N2O5. The lowest BCUT2D eigenvalue weighted by Crippen LogP contribution is -2.47. The Labute approximate surface area is 294 Å². The van der Waals surface area contributed by atoms with E-state index in [1.165, 1.54) is 10.5 Å². The summed E-state index contributed by atoms with van der Waals surface area (Å²) in [7, 11) is 1.72. The van der Waals surface area contributed by atoms with Crippen LogP contribution in [0.1, 0.15) is 60.9 Å². The number of halogens is 2. The first-order chi connectivity index (χ1) is 22.9. The number of benzene rings is 3. The fourth-order valence-electron chi connectivity index (χ4n) is 5.85. The van der Waals surface area contributed by atoms with E-state index >= 15 is 0 Å². The molecule has 9 heteroatoms. The van der Waals surface area contributed by atoms with Crippen LogP contribution in [0.25, 0.3) is 11.3 Å². The molecule has 1 heterocycles. The summed E-state index contributed by atoms with van der Waals surface area (Å²) >= 11 is 12.6. The van der Waals surface area contributed by atoms with Crippen LogP contribution >= 0.6 is 23.2 Å². The molecule has 0 saturated carbocycles. The third-order valence-electron chi connectivity index (χ3n) is 8.26. The molecule has 0 bridgehead atoms. The molecule has 48 heavy (non-hydrogen) atoms. The molecule has 0 radical (unpaired) electrons. The van der Waals surface area contributed by atoms with E-state index in [0.29, 0.717) is 47.7 Å². The number of aryl methyl sites for hydroxylation is 3. The quantitative estimate of drug-likeness (QED) is 0.125. The number of carbonyl (C=O) groups is 1. The summed E-state index contributed by atoms with van der Waals surface area (Å²) in [5, 5.41) is 11.1. The van der Waals surface area contributed by atoms with Gasteiger partial charge in [0.15, 0.2) is 5.75 Å². The van der Waals surface area contributed by atoms with Crippen LogP contribution in [0.15, 0.2) is 72.9 Å². The molecule has 4 rings (SSSR count). The molecule has 0 aliphatic rings. The summed E-state index contributed by atoms with van der Waals surface area (Å²) in [6, 6.07) is 22.0. The summed E-state index contributed by atoms with van der Waals surface area (Å²) in [6.07, 6.45) is 3.34. The monoisotopic (exact) mass is 692 g/mol. The van der Waals surface area contributed by atoms with Crippen molar-refractivity contribution >= 4 is 29.3 Å². The molecule has 1 amide bonds. The minimum atomic E-state index is -0.935. The first kappa shape index (κ1) is 37.0. The van der Waals surface area contributed by atoms with Gasteiger partial charge in [-0.3, -0.25) is 4.98 Å². The van der Waals surface area contributed by atoms with Gasteiger partial charge >= 0.3 is 6.09 Å². The van der Waals surface area contributed by atoms with Gasteiger partial charge in [-0.25, -0.2) is 4.79 Å². The smallest absolute Gasteiger partial charge is 0.407 e. The molecule has 256 valence electrons. The fourth-order valence-corrected chi connectivity index (χ4v) is 6.56. The molecule has 0 spiro atoms. The van der Waals surface area contributed by atoms with Crippen LogP contribution in [0, 0.1) is 13.8 Å². The number of hydrogen-bond acceptors (Lipinski definition) is 5.